The summed E-state index contributed by atoms with van der Waals surface area (Å²) in [6, 6.07) is -1.89. The molecule has 3 fully saturated rings. The van der Waals surface area contributed by atoms with Crippen LogP contribution in [0.5, 0.6) is 0 Å². The average Bonchev–Trinajstić information content (AvgIpc) is 3.58. The molecule has 2 aliphatic carbocycles. The van der Waals surface area contributed by atoms with Gasteiger partial charge in [0.1, 0.15) is 12.1 Å². The van der Waals surface area contributed by atoms with Crippen molar-refractivity contribution in [2.45, 2.75) is 115 Å². The standard InChI is InChI=1S/C38H54N6O6S2/c1-8-10-16-25(32(45)34(47)39-18-9-2)40-33(46)31-29-24(38(29,6)7)20-44(31)35(48)30(23-14-12-11-13-15-23)42-36(49)41-28(37(3,4)5)22-43-21-26-27(52(43)50)17-19-51-26/h1,9,17,19,23-25,28-31H,2,10-16,18,20-22H2,3-7H3,(H,39,47)(H,40,46)(H2,41,42,49)/t24-,25?,28+,29-,30-,31-,52?/m0/s1. The summed E-state index contributed by atoms with van der Waals surface area (Å²) >= 11 is 0.263. The number of hydrogen-bond acceptors (Lipinski definition) is 8. The van der Waals surface area contributed by atoms with Crippen LogP contribution in [0.2, 0.25) is 0 Å². The minimum atomic E-state index is -1.31. The first-order valence-corrected chi connectivity index (χ1v) is 20.4. The highest BCUT2D eigenvalue weighted by molar-refractivity contribution is 7.89. The first-order valence-electron chi connectivity index (χ1n) is 18.4. The molecule has 284 valence electrons. The van der Waals surface area contributed by atoms with E-state index in [1.54, 1.807) is 16.2 Å². The van der Waals surface area contributed by atoms with Gasteiger partial charge in [0.15, 0.2) is 4.90 Å². The Morgan fingerprint density at radius 2 is 1.87 bits per heavy atom. The number of amides is 5. The Labute approximate surface area is 315 Å². The molecule has 52 heavy (non-hydrogen) atoms. The lowest BCUT2D eigenvalue weighted by atomic mass is 9.83. The molecular weight excluding hydrogens is 701 g/mol. The molecule has 1 saturated heterocycles. The molecule has 2 saturated carbocycles. The van der Waals surface area contributed by atoms with E-state index in [-0.39, 0.29) is 59.9 Å². The SMILES string of the molecule is C#CCCC(NC(=O)[C@@H]1[C@@H]2[C@H](CN1C(=O)[C@@H](NC(=O)N[C@H](CN1Cc3sccc3[S+]1[O-])C(C)(C)C)C1CCCCC1)C2(C)C)C(=O)C(=O)NCC=C. The summed E-state index contributed by atoms with van der Waals surface area (Å²) in [6.07, 6.45) is 11.6. The van der Waals surface area contributed by atoms with E-state index >= 15 is 0 Å². The molecule has 14 heteroatoms. The number of terminal acetylenes is 1. The number of nitrogens with one attached hydrogen (secondary N) is 4. The summed E-state index contributed by atoms with van der Waals surface area (Å²) in [4.78, 5) is 71.9. The minimum Gasteiger partial charge on any atom is -0.593 e. The monoisotopic (exact) mass is 754 g/mol. The van der Waals surface area contributed by atoms with Crippen LogP contribution in [0, 0.1) is 40.9 Å². The summed E-state index contributed by atoms with van der Waals surface area (Å²) in [5.74, 6) is -0.214. The number of Topliss-reactive ketones (excluding diaryl/α,β-unsaturated/α-hetero) is 1. The maximum Gasteiger partial charge on any atom is 0.315 e. The van der Waals surface area contributed by atoms with Gasteiger partial charge in [0, 0.05) is 25.6 Å². The van der Waals surface area contributed by atoms with Crippen molar-refractivity contribution in [1.82, 2.24) is 30.5 Å². The fourth-order valence-corrected chi connectivity index (χ4v) is 10.7. The molecule has 2 unspecified atom stereocenters. The molecule has 5 rings (SSSR count). The van der Waals surface area contributed by atoms with Gasteiger partial charge in [0.2, 0.25) is 17.6 Å². The Balaban J connectivity index is 1.34. The second-order valence-corrected chi connectivity index (χ2v) is 18.7. The van der Waals surface area contributed by atoms with Crippen LogP contribution in [0.4, 0.5) is 4.79 Å². The third-order valence-electron chi connectivity index (χ3n) is 11.5. The van der Waals surface area contributed by atoms with E-state index in [4.69, 9.17) is 6.42 Å². The number of ketones is 1. The quantitative estimate of drug-likeness (QED) is 0.0979. The number of piperidine rings is 1. The van der Waals surface area contributed by atoms with Gasteiger partial charge in [-0.1, -0.05) is 60.0 Å². The third-order valence-corrected chi connectivity index (χ3v) is 14.0. The number of carbonyl (C=O) groups excluding carboxylic acids is 5. The molecule has 12 nitrogen and oxygen atoms in total. The highest BCUT2D eigenvalue weighted by Gasteiger charge is 2.69. The Kier molecular flexibility index (Phi) is 12.5. The van der Waals surface area contributed by atoms with E-state index in [0.29, 0.717) is 19.6 Å². The van der Waals surface area contributed by atoms with E-state index in [2.05, 4.69) is 47.6 Å². The Bertz CT molecular complexity index is 1580. The van der Waals surface area contributed by atoms with Crippen LogP contribution in [0.1, 0.15) is 84.4 Å². The molecule has 0 bridgehead atoms. The van der Waals surface area contributed by atoms with Gasteiger partial charge in [0.05, 0.1) is 41.4 Å². The fraction of sp³-hybridized carbons (Fsp3) is 0.658. The van der Waals surface area contributed by atoms with Crippen LogP contribution >= 0.6 is 11.3 Å². The molecule has 0 radical (unpaired) electrons. The minimum absolute atomic E-state index is 0.0682. The van der Waals surface area contributed by atoms with Crippen molar-refractivity contribution < 1.29 is 28.5 Å². The molecule has 3 heterocycles. The zero-order valence-corrected chi connectivity index (χ0v) is 32.6. The number of likely N-dealkylation sites (tertiary alicyclic amines) is 1. The van der Waals surface area contributed by atoms with Crippen LogP contribution in [0.15, 0.2) is 29.0 Å². The molecule has 7 atom stereocenters. The molecule has 5 amide bonds. The van der Waals surface area contributed by atoms with Crippen LogP contribution in [0.25, 0.3) is 0 Å². The lowest BCUT2D eigenvalue weighted by Crippen LogP contribution is -2.61. The average molecular weight is 755 g/mol. The van der Waals surface area contributed by atoms with Gasteiger partial charge in [0.25, 0.3) is 5.91 Å². The van der Waals surface area contributed by atoms with Gasteiger partial charge in [-0.05, 0) is 53.2 Å². The normalized spacial score (nSPS) is 25.4. The predicted molar refractivity (Wildman–Crippen MR) is 201 cm³/mol. The van der Waals surface area contributed by atoms with Crippen LogP contribution in [-0.2, 0) is 37.1 Å². The molecule has 1 aromatic heterocycles. The van der Waals surface area contributed by atoms with Crippen molar-refractivity contribution in [3.05, 3.63) is 29.0 Å². The highest BCUT2D eigenvalue weighted by Crippen LogP contribution is 2.65. The van der Waals surface area contributed by atoms with E-state index in [9.17, 15) is 28.5 Å². The fourth-order valence-electron chi connectivity index (χ4n) is 8.18. The summed E-state index contributed by atoms with van der Waals surface area (Å²) in [5, 5.41) is 13.3. The largest absolute Gasteiger partial charge is 0.593 e. The summed E-state index contributed by atoms with van der Waals surface area (Å²) in [7, 11) is 0. The van der Waals surface area contributed by atoms with E-state index in [1.807, 2.05) is 36.5 Å². The summed E-state index contributed by atoms with van der Waals surface area (Å²) < 4.78 is 15.1. The van der Waals surface area contributed by atoms with Crippen LogP contribution in [0.3, 0.4) is 0 Å². The molecule has 4 N–H and O–H groups in total. The summed E-state index contributed by atoms with van der Waals surface area (Å²) in [5.41, 5.74) is -0.592. The number of carbonyl (C=O) groups is 5. The first kappa shape index (κ1) is 39.8. The van der Waals surface area contributed by atoms with Crippen molar-refractivity contribution in [2.24, 2.45) is 28.6 Å². The Morgan fingerprint density at radius 3 is 2.50 bits per heavy atom. The Morgan fingerprint density at radius 1 is 1.15 bits per heavy atom. The number of thiophene rings is 1. The van der Waals surface area contributed by atoms with Gasteiger partial charge in [-0.15, -0.1) is 34.6 Å². The number of fused-ring (bicyclic) bond motifs is 2. The number of nitrogens with zero attached hydrogens (tertiary/aromatic N) is 2. The second-order valence-electron chi connectivity index (χ2n) is 16.2. The van der Waals surface area contributed by atoms with Crippen molar-refractivity contribution in [3.63, 3.8) is 0 Å². The number of rotatable bonds is 14. The van der Waals surface area contributed by atoms with Crippen molar-refractivity contribution in [2.75, 3.05) is 19.6 Å². The zero-order chi connectivity index (χ0) is 38.0. The van der Waals surface area contributed by atoms with Crippen molar-refractivity contribution in [3.8, 4) is 12.3 Å². The number of hydrogen-bond donors (Lipinski definition) is 4. The highest BCUT2D eigenvalue weighted by atomic mass is 32.2. The van der Waals surface area contributed by atoms with Gasteiger partial charge in [-0.2, -0.15) is 0 Å². The van der Waals surface area contributed by atoms with Gasteiger partial charge in [-0.3, -0.25) is 19.2 Å². The van der Waals surface area contributed by atoms with Crippen LogP contribution in [-0.4, -0.2) is 87.1 Å². The van der Waals surface area contributed by atoms with Gasteiger partial charge in [-0.25, -0.2) is 4.79 Å². The summed E-state index contributed by atoms with van der Waals surface area (Å²) in [6.45, 7) is 15.1. The van der Waals surface area contributed by atoms with Gasteiger partial charge < -0.3 is 30.7 Å². The molecule has 1 aromatic rings. The maximum atomic E-state index is 14.7. The molecule has 4 aliphatic rings. The molecule has 2 aliphatic heterocycles. The van der Waals surface area contributed by atoms with Crippen molar-refractivity contribution >= 4 is 52.2 Å². The molecule has 0 spiro atoms. The zero-order valence-electron chi connectivity index (χ0n) is 31.0. The van der Waals surface area contributed by atoms with Gasteiger partial charge >= 0.3 is 6.03 Å². The number of urea groups is 1. The van der Waals surface area contributed by atoms with Crippen LogP contribution < -0.4 is 21.3 Å². The van der Waals surface area contributed by atoms with E-state index in [1.165, 1.54) is 6.08 Å². The second kappa shape index (κ2) is 16.3. The predicted octanol–water partition coefficient (Wildman–Crippen LogP) is 3.50. The Hall–Kier alpha value is -3.38. The third kappa shape index (κ3) is 8.54. The van der Waals surface area contributed by atoms with E-state index in [0.717, 1.165) is 41.9 Å². The van der Waals surface area contributed by atoms with Crippen molar-refractivity contribution in [1.29, 1.82) is 0 Å². The lowest BCUT2D eigenvalue weighted by molar-refractivity contribution is -0.144. The van der Waals surface area contributed by atoms with E-state index < -0.39 is 53.1 Å². The molecular formula is C38H54N6O6S2. The topological polar surface area (TPSA) is 163 Å². The first-order chi connectivity index (χ1) is 24.6. The smallest absolute Gasteiger partial charge is 0.315 e. The maximum absolute atomic E-state index is 14.7. The molecule has 0 aromatic carbocycles. The lowest BCUT2D eigenvalue weighted by Gasteiger charge is -2.38.